The second-order valence-corrected chi connectivity index (χ2v) is 6.64. The van der Waals surface area contributed by atoms with E-state index < -0.39 is 10.0 Å². The van der Waals surface area contributed by atoms with Crippen LogP contribution in [0.3, 0.4) is 0 Å². The fourth-order valence-corrected chi connectivity index (χ4v) is 4.52. The van der Waals surface area contributed by atoms with E-state index in [1.807, 2.05) is 32.9 Å². The van der Waals surface area contributed by atoms with Crippen molar-refractivity contribution in [2.75, 3.05) is 13.2 Å². The van der Waals surface area contributed by atoms with Crippen molar-refractivity contribution in [3.8, 4) is 0 Å². The molecule has 1 fully saturated rings. The fourth-order valence-electron chi connectivity index (χ4n) is 2.58. The molecule has 0 amide bonds. The van der Waals surface area contributed by atoms with E-state index in [0.29, 0.717) is 18.0 Å². The quantitative estimate of drug-likeness (QED) is 0.824. The maximum atomic E-state index is 12.6. The normalized spacial score (nSPS) is 21.4. The first kappa shape index (κ1) is 13.5. The number of rotatable bonds is 2. The molecular formula is C13H19NO3S. The van der Waals surface area contributed by atoms with Crippen molar-refractivity contribution >= 4 is 10.0 Å². The van der Waals surface area contributed by atoms with Gasteiger partial charge in [-0.25, -0.2) is 8.42 Å². The number of aryl methyl sites for hydroxylation is 3. The van der Waals surface area contributed by atoms with Crippen molar-refractivity contribution in [1.82, 2.24) is 4.31 Å². The summed E-state index contributed by atoms with van der Waals surface area (Å²) in [6.07, 6.45) is -0.380. The molecule has 1 aromatic rings. The maximum Gasteiger partial charge on any atom is 0.245 e. The SMILES string of the molecule is Cc1cc(C)c(S(=O)(=O)N2CCOC2C)c(C)c1. The minimum Gasteiger partial charge on any atom is -0.361 e. The summed E-state index contributed by atoms with van der Waals surface area (Å²) in [6.45, 7) is 8.31. The van der Waals surface area contributed by atoms with Crippen LogP contribution in [0.4, 0.5) is 0 Å². The average molecular weight is 269 g/mol. The van der Waals surface area contributed by atoms with Gasteiger partial charge in [0.15, 0.2) is 0 Å². The Labute approximate surface area is 109 Å². The third kappa shape index (κ3) is 2.18. The van der Waals surface area contributed by atoms with Gasteiger partial charge in [0.2, 0.25) is 10.0 Å². The van der Waals surface area contributed by atoms with Gasteiger partial charge in [-0.3, -0.25) is 0 Å². The molecule has 1 heterocycles. The Morgan fingerprint density at radius 3 is 2.22 bits per heavy atom. The van der Waals surface area contributed by atoms with Crippen LogP contribution < -0.4 is 0 Å². The Balaban J connectivity index is 2.54. The van der Waals surface area contributed by atoms with Gasteiger partial charge in [0.25, 0.3) is 0 Å². The Morgan fingerprint density at radius 1 is 1.22 bits per heavy atom. The van der Waals surface area contributed by atoms with Gasteiger partial charge >= 0.3 is 0 Å². The maximum absolute atomic E-state index is 12.6. The van der Waals surface area contributed by atoms with Crippen LogP contribution in [0.25, 0.3) is 0 Å². The molecule has 18 heavy (non-hydrogen) atoms. The molecule has 0 aliphatic carbocycles. The number of nitrogens with zero attached hydrogens (tertiary/aromatic N) is 1. The van der Waals surface area contributed by atoms with Gasteiger partial charge in [-0.1, -0.05) is 17.7 Å². The van der Waals surface area contributed by atoms with Crippen LogP contribution in [0.15, 0.2) is 17.0 Å². The first-order valence-electron chi connectivity index (χ1n) is 6.05. The van der Waals surface area contributed by atoms with Gasteiger partial charge in [-0.2, -0.15) is 4.31 Å². The van der Waals surface area contributed by atoms with Crippen LogP contribution in [0.2, 0.25) is 0 Å². The zero-order chi connectivity index (χ0) is 13.5. The van der Waals surface area contributed by atoms with Crippen molar-refractivity contribution in [3.63, 3.8) is 0 Å². The van der Waals surface area contributed by atoms with Crippen molar-refractivity contribution in [3.05, 3.63) is 28.8 Å². The molecule has 1 atom stereocenters. The average Bonchev–Trinajstić information content (AvgIpc) is 2.62. The van der Waals surface area contributed by atoms with Crippen LogP contribution in [-0.4, -0.2) is 32.1 Å². The molecule has 0 bridgehead atoms. The monoisotopic (exact) mass is 269 g/mol. The van der Waals surface area contributed by atoms with Gasteiger partial charge in [-0.05, 0) is 38.8 Å². The van der Waals surface area contributed by atoms with E-state index in [1.165, 1.54) is 4.31 Å². The van der Waals surface area contributed by atoms with Crippen molar-refractivity contribution in [2.24, 2.45) is 0 Å². The minimum absolute atomic E-state index is 0.380. The van der Waals surface area contributed by atoms with E-state index >= 15 is 0 Å². The molecule has 1 saturated heterocycles. The molecule has 4 nitrogen and oxygen atoms in total. The number of sulfonamides is 1. The molecule has 100 valence electrons. The molecule has 1 aromatic carbocycles. The molecule has 5 heteroatoms. The Morgan fingerprint density at radius 2 is 1.78 bits per heavy atom. The molecule has 0 spiro atoms. The van der Waals surface area contributed by atoms with Crippen molar-refractivity contribution in [1.29, 1.82) is 0 Å². The molecule has 1 aliphatic rings. The summed E-state index contributed by atoms with van der Waals surface area (Å²) in [7, 11) is -3.46. The van der Waals surface area contributed by atoms with E-state index in [9.17, 15) is 8.42 Å². The van der Waals surface area contributed by atoms with Gasteiger partial charge in [0, 0.05) is 6.54 Å². The summed E-state index contributed by atoms with van der Waals surface area (Å²) in [5.74, 6) is 0. The number of benzene rings is 1. The summed E-state index contributed by atoms with van der Waals surface area (Å²) < 4.78 is 32.0. The summed E-state index contributed by atoms with van der Waals surface area (Å²) in [5.41, 5.74) is 2.67. The van der Waals surface area contributed by atoms with Crippen LogP contribution in [0.1, 0.15) is 23.6 Å². The highest BCUT2D eigenvalue weighted by molar-refractivity contribution is 7.89. The van der Waals surface area contributed by atoms with Gasteiger partial charge in [0.05, 0.1) is 11.5 Å². The fraction of sp³-hybridized carbons (Fsp3) is 0.538. The van der Waals surface area contributed by atoms with Crippen LogP contribution >= 0.6 is 0 Å². The van der Waals surface area contributed by atoms with Crippen molar-refractivity contribution < 1.29 is 13.2 Å². The number of hydrogen-bond donors (Lipinski definition) is 0. The molecule has 1 unspecified atom stereocenters. The second kappa shape index (κ2) is 4.64. The largest absolute Gasteiger partial charge is 0.361 e. The summed E-state index contributed by atoms with van der Waals surface area (Å²) in [5, 5.41) is 0. The van der Waals surface area contributed by atoms with E-state index in [-0.39, 0.29) is 6.23 Å². The Hall–Kier alpha value is -0.910. The lowest BCUT2D eigenvalue weighted by atomic mass is 10.1. The Kier molecular flexibility index (Phi) is 3.49. The number of ether oxygens (including phenoxy) is 1. The molecule has 0 aromatic heterocycles. The highest BCUT2D eigenvalue weighted by Crippen LogP contribution is 2.28. The molecular weight excluding hydrogens is 250 g/mol. The standard InChI is InChI=1S/C13H19NO3S/c1-9-7-10(2)13(11(3)8-9)18(15,16)14-5-6-17-12(14)4/h7-8,12H,5-6H2,1-4H3. The molecule has 0 radical (unpaired) electrons. The van der Waals surface area contributed by atoms with Gasteiger partial charge in [0.1, 0.15) is 6.23 Å². The Bertz CT molecular complexity index is 543. The highest BCUT2D eigenvalue weighted by Gasteiger charge is 2.35. The topological polar surface area (TPSA) is 46.6 Å². The van der Waals surface area contributed by atoms with E-state index in [0.717, 1.165) is 16.7 Å². The highest BCUT2D eigenvalue weighted by atomic mass is 32.2. The predicted molar refractivity (Wildman–Crippen MR) is 70.0 cm³/mol. The smallest absolute Gasteiger partial charge is 0.245 e. The second-order valence-electron chi connectivity index (χ2n) is 4.81. The van der Waals surface area contributed by atoms with E-state index in [1.54, 1.807) is 6.92 Å². The van der Waals surface area contributed by atoms with Crippen LogP contribution in [-0.2, 0) is 14.8 Å². The third-order valence-electron chi connectivity index (χ3n) is 3.25. The summed E-state index contributed by atoms with van der Waals surface area (Å²) >= 11 is 0. The van der Waals surface area contributed by atoms with Crippen molar-refractivity contribution in [2.45, 2.75) is 38.8 Å². The molecule has 0 N–H and O–H groups in total. The summed E-state index contributed by atoms with van der Waals surface area (Å²) in [4.78, 5) is 0.422. The first-order valence-corrected chi connectivity index (χ1v) is 7.49. The van der Waals surface area contributed by atoms with Gasteiger partial charge < -0.3 is 4.74 Å². The van der Waals surface area contributed by atoms with E-state index in [2.05, 4.69) is 0 Å². The van der Waals surface area contributed by atoms with Crippen LogP contribution in [0.5, 0.6) is 0 Å². The zero-order valence-corrected chi connectivity index (χ0v) is 12.0. The lowest BCUT2D eigenvalue weighted by Gasteiger charge is -2.22. The summed E-state index contributed by atoms with van der Waals surface area (Å²) in [6, 6.07) is 3.81. The molecule has 1 aliphatic heterocycles. The third-order valence-corrected chi connectivity index (χ3v) is 5.50. The predicted octanol–water partition coefficient (Wildman–Crippen LogP) is 1.98. The lowest BCUT2D eigenvalue weighted by molar-refractivity contribution is 0.0846. The van der Waals surface area contributed by atoms with Gasteiger partial charge in [-0.15, -0.1) is 0 Å². The first-order chi connectivity index (χ1) is 8.34. The number of hydrogen-bond acceptors (Lipinski definition) is 3. The molecule has 2 rings (SSSR count). The van der Waals surface area contributed by atoms with Crippen LogP contribution in [0, 0.1) is 20.8 Å². The minimum atomic E-state index is -3.46. The molecule has 0 saturated carbocycles. The zero-order valence-electron chi connectivity index (χ0n) is 11.2. The van der Waals surface area contributed by atoms with E-state index in [4.69, 9.17) is 4.74 Å². The lowest BCUT2D eigenvalue weighted by Crippen LogP contribution is -2.35.